The average Bonchev–Trinajstić information content (AvgIpc) is 2.15. The van der Waals surface area contributed by atoms with Crippen LogP contribution in [0.3, 0.4) is 0 Å². The molecule has 1 unspecified atom stereocenters. The molecule has 1 saturated carbocycles. The molecule has 0 aromatic rings. The lowest BCUT2D eigenvalue weighted by molar-refractivity contribution is 0.243. The Bertz CT molecular complexity index is 246. The third-order valence-electron chi connectivity index (χ3n) is 2.57. The van der Waals surface area contributed by atoms with Crippen molar-refractivity contribution in [2.45, 2.75) is 52.1 Å². The first-order valence-corrected chi connectivity index (χ1v) is 5.56. The minimum atomic E-state index is -0.379. The smallest absolute Gasteiger partial charge is 0.0704 e. The van der Waals surface area contributed by atoms with Crippen LogP contribution in [-0.4, -0.2) is 11.2 Å². The van der Waals surface area contributed by atoms with E-state index in [4.69, 9.17) is 5.11 Å². The van der Waals surface area contributed by atoms with Gasteiger partial charge in [0.25, 0.3) is 0 Å². The number of rotatable bonds is 1. The third-order valence-corrected chi connectivity index (χ3v) is 2.57. The van der Waals surface area contributed by atoms with Gasteiger partial charge in [-0.1, -0.05) is 31.1 Å². The normalized spacial score (nSPS) is 21.2. The van der Waals surface area contributed by atoms with Crippen molar-refractivity contribution in [1.82, 2.24) is 0 Å². The SMILES string of the molecule is C/C(C#CC1CCCCC1)=C/C(C)O. The Labute approximate surface area is 87.2 Å². The van der Waals surface area contributed by atoms with E-state index in [9.17, 15) is 0 Å². The van der Waals surface area contributed by atoms with Crippen LogP contribution in [0.15, 0.2) is 11.6 Å². The lowest BCUT2D eigenvalue weighted by Gasteiger charge is -2.15. The maximum absolute atomic E-state index is 9.12. The lowest BCUT2D eigenvalue weighted by atomic mass is 9.90. The summed E-state index contributed by atoms with van der Waals surface area (Å²) in [4.78, 5) is 0. The summed E-state index contributed by atoms with van der Waals surface area (Å²) in [5.41, 5.74) is 0.991. The van der Waals surface area contributed by atoms with Crippen LogP contribution in [0.25, 0.3) is 0 Å². The first-order valence-electron chi connectivity index (χ1n) is 5.56. The number of aliphatic hydroxyl groups is 1. The van der Waals surface area contributed by atoms with Crippen molar-refractivity contribution in [3.63, 3.8) is 0 Å². The van der Waals surface area contributed by atoms with Crippen molar-refractivity contribution >= 4 is 0 Å². The fourth-order valence-electron chi connectivity index (χ4n) is 1.87. The van der Waals surface area contributed by atoms with Gasteiger partial charge in [-0.25, -0.2) is 0 Å². The van der Waals surface area contributed by atoms with Gasteiger partial charge in [0, 0.05) is 5.92 Å². The summed E-state index contributed by atoms with van der Waals surface area (Å²) in [7, 11) is 0. The van der Waals surface area contributed by atoms with Crippen molar-refractivity contribution < 1.29 is 5.11 Å². The van der Waals surface area contributed by atoms with Crippen LogP contribution < -0.4 is 0 Å². The summed E-state index contributed by atoms with van der Waals surface area (Å²) in [6.07, 6.45) is 7.98. The highest BCUT2D eigenvalue weighted by Crippen LogP contribution is 2.22. The molecular formula is C13H20O. The molecule has 1 atom stereocenters. The van der Waals surface area contributed by atoms with Crippen molar-refractivity contribution in [2.24, 2.45) is 5.92 Å². The van der Waals surface area contributed by atoms with Gasteiger partial charge in [-0.05, 0) is 38.3 Å². The molecule has 0 saturated heterocycles. The molecule has 1 N–H and O–H groups in total. The summed E-state index contributed by atoms with van der Waals surface area (Å²) in [6, 6.07) is 0. The second kappa shape index (κ2) is 5.88. The zero-order valence-corrected chi connectivity index (χ0v) is 9.21. The molecule has 1 heteroatoms. The number of hydrogen-bond donors (Lipinski definition) is 1. The van der Waals surface area contributed by atoms with E-state index >= 15 is 0 Å². The van der Waals surface area contributed by atoms with Crippen LogP contribution in [0.1, 0.15) is 46.0 Å². The van der Waals surface area contributed by atoms with Crippen LogP contribution in [0.5, 0.6) is 0 Å². The summed E-state index contributed by atoms with van der Waals surface area (Å²) in [5, 5.41) is 9.12. The molecular weight excluding hydrogens is 172 g/mol. The average molecular weight is 192 g/mol. The molecule has 0 bridgehead atoms. The van der Waals surface area contributed by atoms with Crippen LogP contribution in [0.2, 0.25) is 0 Å². The monoisotopic (exact) mass is 192 g/mol. The third kappa shape index (κ3) is 4.48. The van der Waals surface area contributed by atoms with Gasteiger partial charge in [0.05, 0.1) is 6.10 Å². The minimum Gasteiger partial charge on any atom is -0.389 e. The number of aliphatic hydroxyl groups excluding tert-OH is 1. The van der Waals surface area contributed by atoms with E-state index in [-0.39, 0.29) is 6.10 Å². The Morgan fingerprint density at radius 1 is 1.36 bits per heavy atom. The highest BCUT2D eigenvalue weighted by Gasteiger charge is 2.09. The summed E-state index contributed by atoms with van der Waals surface area (Å²) in [5.74, 6) is 7.03. The molecule has 1 nitrogen and oxygen atoms in total. The fraction of sp³-hybridized carbons (Fsp3) is 0.692. The maximum atomic E-state index is 9.12. The molecule has 78 valence electrons. The number of allylic oxidation sites excluding steroid dienone is 1. The molecule has 1 fully saturated rings. The van der Waals surface area contributed by atoms with Crippen molar-refractivity contribution in [2.75, 3.05) is 0 Å². The Hall–Kier alpha value is -0.740. The second-order valence-corrected chi connectivity index (χ2v) is 4.19. The summed E-state index contributed by atoms with van der Waals surface area (Å²) < 4.78 is 0. The Morgan fingerprint density at radius 2 is 2.00 bits per heavy atom. The first-order chi connectivity index (χ1) is 6.68. The molecule has 0 aromatic carbocycles. The number of hydrogen-bond acceptors (Lipinski definition) is 1. The van der Waals surface area contributed by atoms with Crippen LogP contribution in [0.4, 0.5) is 0 Å². The van der Waals surface area contributed by atoms with Gasteiger partial charge in [-0.15, -0.1) is 0 Å². The van der Waals surface area contributed by atoms with E-state index in [0.717, 1.165) is 5.57 Å². The van der Waals surface area contributed by atoms with Gasteiger partial charge >= 0.3 is 0 Å². The molecule has 0 spiro atoms. The predicted molar refractivity (Wildman–Crippen MR) is 59.8 cm³/mol. The van der Waals surface area contributed by atoms with Gasteiger partial charge in [0.2, 0.25) is 0 Å². The molecule has 0 aliphatic heterocycles. The zero-order chi connectivity index (χ0) is 10.4. The van der Waals surface area contributed by atoms with Crippen molar-refractivity contribution in [3.05, 3.63) is 11.6 Å². The highest BCUT2D eigenvalue weighted by molar-refractivity contribution is 5.28. The van der Waals surface area contributed by atoms with Gasteiger partial charge in [-0.3, -0.25) is 0 Å². The molecule has 14 heavy (non-hydrogen) atoms. The van der Waals surface area contributed by atoms with E-state index in [0.29, 0.717) is 5.92 Å². The molecule has 1 aliphatic rings. The molecule has 1 aliphatic carbocycles. The Kier molecular flexibility index (Phi) is 4.76. The maximum Gasteiger partial charge on any atom is 0.0704 e. The zero-order valence-electron chi connectivity index (χ0n) is 9.21. The van der Waals surface area contributed by atoms with Gasteiger partial charge in [-0.2, -0.15) is 0 Å². The Morgan fingerprint density at radius 3 is 2.57 bits per heavy atom. The summed E-state index contributed by atoms with van der Waals surface area (Å²) >= 11 is 0. The molecule has 0 amide bonds. The molecule has 0 heterocycles. The summed E-state index contributed by atoms with van der Waals surface area (Å²) in [6.45, 7) is 3.72. The largest absolute Gasteiger partial charge is 0.389 e. The first kappa shape index (κ1) is 11.3. The van der Waals surface area contributed by atoms with E-state index in [1.165, 1.54) is 32.1 Å². The fourth-order valence-corrected chi connectivity index (χ4v) is 1.87. The lowest BCUT2D eigenvalue weighted by Crippen LogP contribution is -2.03. The minimum absolute atomic E-state index is 0.379. The topological polar surface area (TPSA) is 20.2 Å². The van der Waals surface area contributed by atoms with E-state index in [2.05, 4.69) is 11.8 Å². The van der Waals surface area contributed by atoms with Crippen molar-refractivity contribution in [1.29, 1.82) is 0 Å². The van der Waals surface area contributed by atoms with E-state index < -0.39 is 0 Å². The van der Waals surface area contributed by atoms with Gasteiger partial charge < -0.3 is 5.11 Å². The van der Waals surface area contributed by atoms with Gasteiger partial charge in [0.15, 0.2) is 0 Å². The predicted octanol–water partition coefficient (Wildman–Crippen LogP) is 2.90. The second-order valence-electron chi connectivity index (χ2n) is 4.19. The van der Waals surface area contributed by atoms with Crippen LogP contribution in [-0.2, 0) is 0 Å². The standard InChI is InChI=1S/C13H20O/c1-11(10-12(2)14)8-9-13-6-4-3-5-7-13/h10,12-14H,3-7H2,1-2H3/b11-10-. The molecule has 0 radical (unpaired) electrons. The van der Waals surface area contributed by atoms with Crippen LogP contribution >= 0.6 is 0 Å². The quantitative estimate of drug-likeness (QED) is 0.633. The van der Waals surface area contributed by atoms with E-state index in [1.807, 2.05) is 6.92 Å². The molecule has 1 rings (SSSR count). The van der Waals surface area contributed by atoms with Crippen LogP contribution in [0, 0.1) is 17.8 Å². The molecule has 0 aromatic heterocycles. The van der Waals surface area contributed by atoms with E-state index in [1.54, 1.807) is 13.0 Å². The van der Waals surface area contributed by atoms with Gasteiger partial charge in [0.1, 0.15) is 0 Å². The Balaban J connectivity index is 2.44. The van der Waals surface area contributed by atoms with Crippen molar-refractivity contribution in [3.8, 4) is 11.8 Å². The highest BCUT2D eigenvalue weighted by atomic mass is 16.3.